The maximum Gasteiger partial charge on any atom is 0.293 e. The Balaban J connectivity index is 1.43. The summed E-state index contributed by atoms with van der Waals surface area (Å²) in [5, 5.41) is 11.8. The number of carbonyl (C=O) groups is 1. The first-order valence-corrected chi connectivity index (χ1v) is 11.2. The van der Waals surface area contributed by atoms with E-state index in [-0.39, 0.29) is 35.1 Å². The van der Waals surface area contributed by atoms with Gasteiger partial charge in [0, 0.05) is 63.8 Å². The lowest BCUT2D eigenvalue weighted by Gasteiger charge is -2.39. The van der Waals surface area contributed by atoms with Crippen molar-refractivity contribution in [3.8, 4) is 0 Å². The topological polar surface area (TPSA) is 93.7 Å². The smallest absolute Gasteiger partial charge is 0.293 e. The van der Waals surface area contributed by atoms with Gasteiger partial charge in [0.15, 0.2) is 5.82 Å². The van der Waals surface area contributed by atoms with Gasteiger partial charge in [0.1, 0.15) is 5.69 Å². The molecule has 2 aromatic rings. The molecule has 2 atom stereocenters. The van der Waals surface area contributed by atoms with Crippen LogP contribution in [0.4, 0.5) is 11.4 Å². The van der Waals surface area contributed by atoms with Gasteiger partial charge in [-0.2, -0.15) is 0 Å². The Kier molecular flexibility index (Phi) is 6.57. The van der Waals surface area contributed by atoms with Gasteiger partial charge in [-0.05, 0) is 44.7 Å². The van der Waals surface area contributed by atoms with E-state index in [9.17, 15) is 14.9 Å². The third kappa shape index (κ3) is 4.83. The lowest BCUT2D eigenvalue weighted by atomic mass is 9.95. The number of aryl methyl sites for hydroxylation is 1. The molecule has 2 aliphatic rings. The average molecular weight is 442 g/mol. The number of anilines is 1. The van der Waals surface area contributed by atoms with Crippen LogP contribution in [0, 0.1) is 16.0 Å². The lowest BCUT2D eigenvalue weighted by Crippen LogP contribution is -2.48. The molecule has 2 fully saturated rings. The Hall–Kier alpha value is -2.78. The molecule has 9 nitrogen and oxygen atoms in total. The molecule has 4 rings (SSSR count). The van der Waals surface area contributed by atoms with Gasteiger partial charge >= 0.3 is 0 Å². The summed E-state index contributed by atoms with van der Waals surface area (Å²) in [5.41, 5.74) is 0.831. The Morgan fingerprint density at radius 1 is 1.22 bits per heavy atom. The summed E-state index contributed by atoms with van der Waals surface area (Å²) >= 11 is 0. The molecule has 0 bridgehead atoms. The van der Waals surface area contributed by atoms with Crippen LogP contribution >= 0.6 is 0 Å². The van der Waals surface area contributed by atoms with E-state index in [1.165, 1.54) is 6.07 Å². The van der Waals surface area contributed by atoms with E-state index in [2.05, 4.69) is 28.6 Å². The van der Waals surface area contributed by atoms with Gasteiger partial charge in [0.25, 0.3) is 5.69 Å². The molecule has 32 heavy (non-hydrogen) atoms. The largest absolute Gasteiger partial charge is 0.373 e. The van der Waals surface area contributed by atoms with Crippen molar-refractivity contribution in [2.24, 2.45) is 13.0 Å². The molecule has 0 saturated carbocycles. The average Bonchev–Trinajstić information content (AvgIpc) is 3.18. The monoisotopic (exact) mass is 441 g/mol. The van der Waals surface area contributed by atoms with Gasteiger partial charge in [-0.3, -0.25) is 19.8 Å². The second-order valence-electron chi connectivity index (χ2n) is 9.06. The van der Waals surface area contributed by atoms with Gasteiger partial charge in [0.05, 0.1) is 17.1 Å². The van der Waals surface area contributed by atoms with Crippen LogP contribution in [0.2, 0.25) is 0 Å². The molecule has 172 valence electrons. The van der Waals surface area contributed by atoms with E-state index in [0.29, 0.717) is 11.6 Å². The number of carbonyl (C=O) groups excluding carboxylic acids is 1. The van der Waals surface area contributed by atoms with Crippen molar-refractivity contribution >= 4 is 17.2 Å². The number of nitro groups is 1. The Morgan fingerprint density at radius 2 is 1.91 bits per heavy atom. The number of hydrogen-bond donors (Lipinski definition) is 0. The molecule has 9 heteroatoms. The first-order valence-electron chi connectivity index (χ1n) is 11.2. The molecule has 2 unspecified atom stereocenters. The zero-order valence-corrected chi connectivity index (χ0v) is 18.9. The zero-order chi connectivity index (χ0) is 22.8. The third-order valence-electron chi connectivity index (χ3n) is 6.43. The number of ether oxygens (including phenoxy) is 1. The zero-order valence-electron chi connectivity index (χ0n) is 18.9. The van der Waals surface area contributed by atoms with Gasteiger partial charge in [-0.1, -0.05) is 0 Å². The summed E-state index contributed by atoms with van der Waals surface area (Å²) in [7, 11) is 1.73. The number of imidazole rings is 1. The molecule has 3 heterocycles. The molecule has 0 spiro atoms. The lowest BCUT2D eigenvalue weighted by molar-refractivity contribution is -0.384. The molecule has 1 aromatic heterocycles. The fourth-order valence-corrected chi connectivity index (χ4v) is 4.95. The predicted octanol–water partition coefficient (Wildman–Crippen LogP) is 2.88. The fraction of sp³-hybridized carbons (Fsp3) is 0.565. The molecule has 0 aliphatic carbocycles. The molecule has 2 saturated heterocycles. The second kappa shape index (κ2) is 9.38. The summed E-state index contributed by atoms with van der Waals surface area (Å²) < 4.78 is 7.44. The highest BCUT2D eigenvalue weighted by molar-refractivity contribution is 6.07. The minimum atomic E-state index is -0.396. The molecule has 2 aliphatic heterocycles. The van der Waals surface area contributed by atoms with E-state index >= 15 is 0 Å². The number of aromatic nitrogens is 2. The summed E-state index contributed by atoms with van der Waals surface area (Å²) in [5.74, 6) is 0.520. The van der Waals surface area contributed by atoms with Crippen LogP contribution in [0.25, 0.3) is 0 Å². The van der Waals surface area contributed by atoms with Gasteiger partial charge in [-0.25, -0.2) is 4.98 Å². The summed E-state index contributed by atoms with van der Waals surface area (Å²) in [4.78, 5) is 32.8. The first-order chi connectivity index (χ1) is 15.3. The van der Waals surface area contributed by atoms with E-state index in [4.69, 9.17) is 4.74 Å². The Labute approximate surface area is 188 Å². The van der Waals surface area contributed by atoms with Crippen LogP contribution in [-0.2, 0) is 11.8 Å². The number of benzene rings is 1. The number of nitrogens with zero attached hydrogens (tertiary/aromatic N) is 5. The van der Waals surface area contributed by atoms with Crippen LogP contribution in [0.15, 0.2) is 30.6 Å². The quantitative estimate of drug-likeness (QED) is 0.386. The molecule has 0 radical (unpaired) electrons. The standard InChI is InChI=1S/C23H31N5O4/c1-16-13-26(14-17(2)32-16)15-18-6-9-27(10-7-18)20-5-4-19(12-21(20)28(30)31)22(29)23-24-8-11-25(23)3/h4-5,8,11-12,16-18H,6-7,9-10,13-15H2,1-3H3. The maximum atomic E-state index is 12.7. The number of nitro benzene ring substituents is 1. The van der Waals surface area contributed by atoms with Crippen molar-refractivity contribution in [2.75, 3.05) is 37.6 Å². The summed E-state index contributed by atoms with van der Waals surface area (Å²) in [6.45, 7) is 8.74. The van der Waals surface area contributed by atoms with Gasteiger partial charge in [-0.15, -0.1) is 0 Å². The van der Waals surface area contributed by atoms with E-state index in [1.807, 2.05) is 0 Å². The fourth-order valence-electron chi connectivity index (χ4n) is 4.95. The number of hydrogen-bond acceptors (Lipinski definition) is 7. The highest BCUT2D eigenvalue weighted by atomic mass is 16.6. The Bertz CT molecular complexity index is 973. The van der Waals surface area contributed by atoms with Crippen LogP contribution in [-0.4, -0.2) is 70.1 Å². The number of piperidine rings is 1. The molecule has 1 aromatic carbocycles. The predicted molar refractivity (Wildman–Crippen MR) is 121 cm³/mol. The van der Waals surface area contributed by atoms with E-state index in [1.54, 1.807) is 36.1 Å². The summed E-state index contributed by atoms with van der Waals surface area (Å²) in [6, 6.07) is 4.76. The highest BCUT2D eigenvalue weighted by Gasteiger charge is 2.29. The van der Waals surface area contributed by atoms with Gasteiger partial charge in [0.2, 0.25) is 5.78 Å². The van der Waals surface area contributed by atoms with Gasteiger partial charge < -0.3 is 14.2 Å². The summed E-state index contributed by atoms with van der Waals surface area (Å²) in [6.07, 6.45) is 5.72. The molecular formula is C23H31N5O4. The van der Waals surface area contributed by atoms with Crippen molar-refractivity contribution in [3.05, 3.63) is 52.1 Å². The van der Waals surface area contributed by atoms with Crippen LogP contribution in [0.5, 0.6) is 0 Å². The van der Waals surface area contributed by atoms with E-state index in [0.717, 1.165) is 45.6 Å². The molecule has 0 N–H and O–H groups in total. The SMILES string of the molecule is CC1CN(CC2CCN(c3ccc(C(=O)c4nccn4C)cc3[N+](=O)[O-])CC2)CC(C)O1. The normalized spacial score (nSPS) is 22.8. The maximum absolute atomic E-state index is 12.7. The molecular weight excluding hydrogens is 410 g/mol. The number of ketones is 1. The van der Waals surface area contributed by atoms with Crippen molar-refractivity contribution in [3.63, 3.8) is 0 Å². The minimum absolute atomic E-state index is 0.0284. The van der Waals surface area contributed by atoms with Crippen LogP contribution in [0.1, 0.15) is 42.9 Å². The first kappa shape index (κ1) is 22.4. The van der Waals surface area contributed by atoms with Crippen molar-refractivity contribution < 1.29 is 14.5 Å². The minimum Gasteiger partial charge on any atom is -0.373 e. The van der Waals surface area contributed by atoms with Crippen molar-refractivity contribution in [1.29, 1.82) is 0 Å². The van der Waals surface area contributed by atoms with Crippen LogP contribution in [0.3, 0.4) is 0 Å². The van der Waals surface area contributed by atoms with Crippen molar-refractivity contribution in [1.82, 2.24) is 14.5 Å². The molecule has 0 amide bonds. The van der Waals surface area contributed by atoms with Crippen LogP contribution < -0.4 is 4.90 Å². The highest BCUT2D eigenvalue weighted by Crippen LogP contribution is 2.33. The number of rotatable bonds is 6. The number of morpholine rings is 1. The van der Waals surface area contributed by atoms with Crippen molar-refractivity contribution in [2.45, 2.75) is 38.9 Å². The second-order valence-corrected chi connectivity index (χ2v) is 9.06. The van der Waals surface area contributed by atoms with E-state index < -0.39 is 4.92 Å². The Morgan fingerprint density at radius 3 is 2.50 bits per heavy atom. The third-order valence-corrected chi connectivity index (χ3v) is 6.43.